The van der Waals surface area contributed by atoms with Crippen molar-refractivity contribution in [3.05, 3.63) is 35.9 Å². The molecule has 0 bridgehead atoms. The number of phenolic OH excluding ortho intramolecular Hbond substituents is 1. The zero-order valence-corrected chi connectivity index (χ0v) is 14.8. The smallest absolute Gasteiger partial charge is 0.226 e. The van der Waals surface area contributed by atoms with E-state index in [1.54, 1.807) is 12.1 Å². The van der Waals surface area contributed by atoms with Crippen LogP contribution in [0.1, 0.15) is 38.6 Å². The van der Waals surface area contributed by atoms with Gasteiger partial charge in [0.15, 0.2) is 17.0 Å². The Kier molecular flexibility index (Phi) is 4.21. The number of phenols is 1. The quantitative estimate of drug-likeness (QED) is 0.698. The third kappa shape index (κ3) is 2.91. The van der Waals surface area contributed by atoms with Gasteiger partial charge in [-0.2, -0.15) is 9.97 Å². The number of nitrogens with zero attached hydrogens (tertiary/aromatic N) is 5. The number of hydrogen-bond donors (Lipinski definition) is 1. The lowest BCUT2D eigenvalue weighted by atomic mass is 10.2. The third-order valence-corrected chi connectivity index (χ3v) is 5.00. The highest BCUT2D eigenvalue weighted by atomic mass is 35.5. The van der Waals surface area contributed by atoms with Gasteiger partial charge < -0.3 is 14.6 Å². The van der Waals surface area contributed by atoms with E-state index < -0.39 is 0 Å². The van der Waals surface area contributed by atoms with Crippen LogP contribution in [0.25, 0.3) is 11.2 Å². The number of fused-ring (bicyclic) bond motifs is 1. The Labute approximate surface area is 151 Å². The van der Waals surface area contributed by atoms with Crippen LogP contribution < -0.4 is 4.90 Å². The van der Waals surface area contributed by atoms with Gasteiger partial charge in [0.25, 0.3) is 0 Å². The van der Waals surface area contributed by atoms with Crippen LogP contribution in [-0.4, -0.2) is 31.2 Å². The lowest BCUT2D eigenvalue weighted by Gasteiger charge is -2.22. The molecule has 4 rings (SSSR count). The molecule has 3 aromatic rings. The number of hydrogen-bond acceptors (Lipinski definition) is 5. The molecule has 1 saturated carbocycles. The fourth-order valence-corrected chi connectivity index (χ4v) is 3.76. The number of benzene rings is 1. The molecule has 1 N–H and O–H groups in total. The zero-order valence-electron chi connectivity index (χ0n) is 14.1. The summed E-state index contributed by atoms with van der Waals surface area (Å²) in [5.74, 6) is 0.927. The molecular formula is C18H20ClN5O. The van der Waals surface area contributed by atoms with Gasteiger partial charge in [-0.1, -0.05) is 12.8 Å². The van der Waals surface area contributed by atoms with Crippen molar-refractivity contribution in [2.24, 2.45) is 0 Å². The van der Waals surface area contributed by atoms with E-state index in [9.17, 15) is 5.11 Å². The van der Waals surface area contributed by atoms with Gasteiger partial charge in [-0.3, -0.25) is 0 Å². The van der Waals surface area contributed by atoms with E-state index in [0.717, 1.165) is 29.7 Å². The summed E-state index contributed by atoms with van der Waals surface area (Å²) >= 11 is 6.24. The van der Waals surface area contributed by atoms with E-state index in [1.165, 1.54) is 12.8 Å². The van der Waals surface area contributed by atoms with Crippen LogP contribution in [-0.2, 0) is 0 Å². The van der Waals surface area contributed by atoms with Gasteiger partial charge in [-0.15, -0.1) is 0 Å². The first kappa shape index (κ1) is 16.1. The number of rotatable bonds is 4. The average molecular weight is 358 g/mol. The fourth-order valence-electron chi connectivity index (χ4n) is 3.60. The second-order valence-electron chi connectivity index (χ2n) is 6.34. The van der Waals surface area contributed by atoms with E-state index in [-0.39, 0.29) is 11.0 Å². The number of aromatic nitrogens is 4. The predicted octanol–water partition coefficient (Wildman–Crippen LogP) is 4.46. The van der Waals surface area contributed by atoms with Gasteiger partial charge in [0.1, 0.15) is 5.75 Å². The van der Waals surface area contributed by atoms with Gasteiger partial charge in [0, 0.05) is 18.3 Å². The zero-order chi connectivity index (χ0) is 17.4. The summed E-state index contributed by atoms with van der Waals surface area (Å²) in [6, 6.07) is 7.47. The minimum atomic E-state index is 0.222. The Balaban J connectivity index is 1.84. The van der Waals surface area contributed by atoms with Crippen molar-refractivity contribution in [3.8, 4) is 5.75 Å². The molecule has 0 unspecified atom stereocenters. The fraction of sp³-hybridized carbons (Fsp3) is 0.389. The molecule has 25 heavy (non-hydrogen) atoms. The van der Waals surface area contributed by atoms with Crippen LogP contribution in [0.15, 0.2) is 30.6 Å². The number of imidazole rings is 1. The van der Waals surface area contributed by atoms with E-state index in [0.29, 0.717) is 18.4 Å². The molecule has 0 radical (unpaired) electrons. The summed E-state index contributed by atoms with van der Waals surface area (Å²) in [6.45, 7) is 2.74. The van der Waals surface area contributed by atoms with Crippen molar-refractivity contribution in [1.29, 1.82) is 0 Å². The number of aromatic hydroxyl groups is 1. The number of anilines is 2. The lowest BCUT2D eigenvalue weighted by molar-refractivity contribution is 0.475. The summed E-state index contributed by atoms with van der Waals surface area (Å²) in [7, 11) is 0. The highest BCUT2D eigenvalue weighted by Crippen LogP contribution is 2.35. The Bertz CT molecular complexity index is 886. The van der Waals surface area contributed by atoms with E-state index >= 15 is 0 Å². The molecule has 1 aliphatic rings. The molecule has 1 aromatic carbocycles. The Morgan fingerprint density at radius 1 is 1.20 bits per heavy atom. The topological polar surface area (TPSA) is 67.1 Å². The van der Waals surface area contributed by atoms with Crippen molar-refractivity contribution in [3.63, 3.8) is 0 Å². The first-order valence-electron chi connectivity index (χ1n) is 8.64. The standard InChI is InChI=1S/C18H20ClN5O/c1-2-23(13-7-9-14(25)10-8-13)16-15-17(22-18(19)21-16)24(11-20-15)12-5-3-4-6-12/h7-12,25H,2-6H2,1H3. The maximum atomic E-state index is 9.54. The summed E-state index contributed by atoms with van der Waals surface area (Å²) in [5.41, 5.74) is 2.47. The highest BCUT2D eigenvalue weighted by Gasteiger charge is 2.23. The molecule has 6 nitrogen and oxygen atoms in total. The molecule has 0 atom stereocenters. The minimum absolute atomic E-state index is 0.222. The van der Waals surface area contributed by atoms with Gasteiger partial charge >= 0.3 is 0 Å². The van der Waals surface area contributed by atoms with Gasteiger partial charge in [0.05, 0.1) is 6.33 Å². The SMILES string of the molecule is CCN(c1ccc(O)cc1)c1nc(Cl)nc2c1ncn2C1CCCC1. The van der Waals surface area contributed by atoms with E-state index in [1.807, 2.05) is 30.3 Å². The molecule has 0 amide bonds. The van der Waals surface area contributed by atoms with Crippen LogP contribution >= 0.6 is 11.6 Å². The Morgan fingerprint density at radius 3 is 2.60 bits per heavy atom. The monoisotopic (exact) mass is 357 g/mol. The maximum absolute atomic E-state index is 9.54. The van der Waals surface area contributed by atoms with E-state index in [4.69, 9.17) is 11.6 Å². The van der Waals surface area contributed by atoms with E-state index in [2.05, 4.69) is 19.5 Å². The molecule has 0 spiro atoms. The molecule has 1 aliphatic carbocycles. The molecule has 0 aliphatic heterocycles. The molecule has 1 fully saturated rings. The first-order chi connectivity index (χ1) is 12.2. The molecule has 130 valence electrons. The molecule has 7 heteroatoms. The molecule has 2 aromatic heterocycles. The second-order valence-corrected chi connectivity index (χ2v) is 6.68. The largest absolute Gasteiger partial charge is 0.508 e. The number of halogens is 1. The van der Waals surface area contributed by atoms with Crippen molar-refractivity contribution in [2.75, 3.05) is 11.4 Å². The Hall–Kier alpha value is -2.34. The predicted molar refractivity (Wildman–Crippen MR) is 98.6 cm³/mol. The van der Waals surface area contributed by atoms with Gasteiger partial charge in [-0.25, -0.2) is 4.98 Å². The highest BCUT2D eigenvalue weighted by molar-refractivity contribution is 6.28. The van der Waals surface area contributed by atoms with Crippen LogP contribution in [0.4, 0.5) is 11.5 Å². The molecule has 0 saturated heterocycles. The van der Waals surface area contributed by atoms with Crippen molar-refractivity contribution in [2.45, 2.75) is 38.6 Å². The summed E-state index contributed by atoms with van der Waals surface area (Å²) in [5, 5.41) is 9.76. The van der Waals surface area contributed by atoms with Crippen molar-refractivity contribution >= 4 is 34.3 Å². The molecule has 2 heterocycles. The molecular weight excluding hydrogens is 338 g/mol. The normalized spacial score (nSPS) is 15.1. The third-order valence-electron chi connectivity index (χ3n) is 4.83. The minimum Gasteiger partial charge on any atom is -0.508 e. The van der Waals surface area contributed by atoms with Crippen LogP contribution in [0, 0.1) is 0 Å². The van der Waals surface area contributed by atoms with Crippen molar-refractivity contribution < 1.29 is 5.11 Å². The van der Waals surface area contributed by atoms with Crippen molar-refractivity contribution in [1.82, 2.24) is 19.5 Å². The summed E-state index contributed by atoms with van der Waals surface area (Å²) in [6.07, 6.45) is 6.64. The summed E-state index contributed by atoms with van der Waals surface area (Å²) in [4.78, 5) is 15.5. The van der Waals surface area contributed by atoms with Gasteiger partial charge in [0.2, 0.25) is 5.28 Å². The van der Waals surface area contributed by atoms with Crippen LogP contribution in [0.5, 0.6) is 5.75 Å². The first-order valence-corrected chi connectivity index (χ1v) is 9.02. The lowest BCUT2D eigenvalue weighted by Crippen LogP contribution is -2.18. The average Bonchev–Trinajstić information content (AvgIpc) is 3.26. The summed E-state index contributed by atoms with van der Waals surface area (Å²) < 4.78 is 2.14. The maximum Gasteiger partial charge on any atom is 0.226 e. The van der Waals surface area contributed by atoms with Gasteiger partial charge in [-0.05, 0) is 55.6 Å². The van der Waals surface area contributed by atoms with Crippen LogP contribution in [0.2, 0.25) is 5.28 Å². The second kappa shape index (κ2) is 6.52. The Morgan fingerprint density at radius 2 is 1.92 bits per heavy atom. The van der Waals surface area contributed by atoms with Crippen LogP contribution in [0.3, 0.4) is 0 Å².